The van der Waals surface area contributed by atoms with Crippen molar-refractivity contribution in [2.45, 2.75) is 45.1 Å². The second kappa shape index (κ2) is 4.44. The minimum absolute atomic E-state index is 0.0437. The first-order valence-corrected chi connectivity index (χ1v) is 6.16. The number of carboxylic acid groups (broad SMARTS) is 1. The van der Waals surface area contributed by atoms with E-state index in [9.17, 15) is 9.59 Å². The second-order valence-electron chi connectivity index (χ2n) is 5.03. The van der Waals surface area contributed by atoms with E-state index in [0.29, 0.717) is 12.3 Å². The van der Waals surface area contributed by atoms with E-state index in [1.807, 2.05) is 6.92 Å². The highest BCUT2D eigenvalue weighted by Gasteiger charge is 2.51. The number of amides is 1. The van der Waals surface area contributed by atoms with E-state index < -0.39 is 12.0 Å². The summed E-state index contributed by atoms with van der Waals surface area (Å²) in [4.78, 5) is 22.6. The molecule has 0 aromatic rings. The van der Waals surface area contributed by atoms with Crippen molar-refractivity contribution < 1.29 is 14.7 Å². The molecule has 0 unspecified atom stereocenters. The highest BCUT2D eigenvalue weighted by molar-refractivity contribution is 5.86. The Labute approximate surface area is 95.4 Å². The van der Waals surface area contributed by atoms with Crippen LogP contribution < -0.4 is 5.32 Å². The molecule has 2 aliphatic carbocycles. The molecular weight excluding hydrogens is 206 g/mol. The van der Waals surface area contributed by atoms with Gasteiger partial charge in [-0.2, -0.15) is 0 Å². The molecule has 0 aliphatic heterocycles. The van der Waals surface area contributed by atoms with Crippen LogP contribution >= 0.6 is 0 Å². The molecule has 0 aromatic carbocycles. The molecule has 0 aromatic heterocycles. The van der Waals surface area contributed by atoms with Gasteiger partial charge in [-0.3, -0.25) is 4.79 Å². The van der Waals surface area contributed by atoms with Crippen LogP contribution in [0, 0.1) is 17.8 Å². The van der Waals surface area contributed by atoms with Crippen LogP contribution in [0.4, 0.5) is 0 Å². The van der Waals surface area contributed by atoms with Crippen LogP contribution in [0.3, 0.4) is 0 Å². The maximum atomic E-state index is 11.8. The van der Waals surface area contributed by atoms with Crippen molar-refractivity contribution in [2.75, 3.05) is 0 Å². The molecule has 1 amide bonds. The highest BCUT2D eigenvalue weighted by Crippen LogP contribution is 2.54. The molecule has 2 aliphatic rings. The molecule has 0 heterocycles. The lowest BCUT2D eigenvalue weighted by atomic mass is 10.1. The Balaban J connectivity index is 1.79. The average molecular weight is 225 g/mol. The van der Waals surface area contributed by atoms with Crippen molar-refractivity contribution >= 4 is 11.9 Å². The third-order valence-electron chi connectivity index (χ3n) is 3.60. The molecule has 3 atom stereocenters. The van der Waals surface area contributed by atoms with Gasteiger partial charge in [-0.15, -0.1) is 0 Å². The van der Waals surface area contributed by atoms with E-state index >= 15 is 0 Å². The van der Waals surface area contributed by atoms with Gasteiger partial charge in [0, 0.05) is 5.92 Å². The van der Waals surface area contributed by atoms with Crippen molar-refractivity contribution in [3.05, 3.63) is 0 Å². The number of hydrogen-bond acceptors (Lipinski definition) is 2. The quantitative estimate of drug-likeness (QED) is 0.718. The molecular formula is C12H19NO3. The van der Waals surface area contributed by atoms with Gasteiger partial charge in [0.25, 0.3) is 0 Å². The van der Waals surface area contributed by atoms with Gasteiger partial charge >= 0.3 is 5.97 Å². The molecule has 4 heteroatoms. The second-order valence-corrected chi connectivity index (χ2v) is 5.03. The summed E-state index contributed by atoms with van der Waals surface area (Å²) >= 11 is 0. The van der Waals surface area contributed by atoms with E-state index in [0.717, 1.165) is 18.8 Å². The molecule has 2 rings (SSSR count). The van der Waals surface area contributed by atoms with Crippen LogP contribution in [-0.2, 0) is 9.59 Å². The lowest BCUT2D eigenvalue weighted by Crippen LogP contribution is -2.41. The van der Waals surface area contributed by atoms with Crippen LogP contribution in [0.2, 0.25) is 0 Å². The Morgan fingerprint density at radius 3 is 2.62 bits per heavy atom. The lowest BCUT2D eigenvalue weighted by Gasteiger charge is -2.13. The lowest BCUT2D eigenvalue weighted by molar-refractivity contribution is -0.142. The third kappa shape index (κ3) is 2.54. The summed E-state index contributed by atoms with van der Waals surface area (Å²) < 4.78 is 0. The summed E-state index contributed by atoms with van der Waals surface area (Å²) in [7, 11) is 0. The SMILES string of the molecule is CCC[C@H](NC(=O)[C@H]1C[C@H]1C1CC1)C(=O)O. The summed E-state index contributed by atoms with van der Waals surface area (Å²) in [6, 6.07) is -0.696. The summed E-state index contributed by atoms with van der Waals surface area (Å²) in [6.45, 7) is 1.92. The highest BCUT2D eigenvalue weighted by atomic mass is 16.4. The fraction of sp³-hybridized carbons (Fsp3) is 0.833. The Morgan fingerprint density at radius 2 is 2.12 bits per heavy atom. The molecule has 2 fully saturated rings. The number of aliphatic carboxylic acids is 1. The van der Waals surface area contributed by atoms with Gasteiger partial charge in [-0.25, -0.2) is 4.79 Å². The van der Waals surface area contributed by atoms with E-state index in [1.165, 1.54) is 12.8 Å². The topological polar surface area (TPSA) is 66.4 Å². The van der Waals surface area contributed by atoms with E-state index in [-0.39, 0.29) is 11.8 Å². The maximum Gasteiger partial charge on any atom is 0.326 e. The van der Waals surface area contributed by atoms with Crippen LogP contribution in [0.1, 0.15) is 39.0 Å². The number of carbonyl (C=O) groups is 2. The number of rotatable bonds is 6. The first kappa shape index (κ1) is 11.4. The summed E-state index contributed by atoms with van der Waals surface area (Å²) in [5.74, 6) is 0.448. The summed E-state index contributed by atoms with van der Waals surface area (Å²) in [5, 5.41) is 11.6. The standard InChI is InChI=1S/C12H19NO3/c1-2-3-10(12(15)16)13-11(14)9-6-8(9)7-4-5-7/h7-10H,2-6H2,1H3,(H,13,14)(H,15,16)/t8-,9-,10-/m0/s1. The number of carboxylic acids is 1. The number of nitrogens with one attached hydrogen (secondary N) is 1. The van der Waals surface area contributed by atoms with Gasteiger partial charge in [0.1, 0.15) is 6.04 Å². The fourth-order valence-corrected chi connectivity index (χ4v) is 2.39. The van der Waals surface area contributed by atoms with Crippen molar-refractivity contribution in [3.8, 4) is 0 Å². The number of carbonyl (C=O) groups excluding carboxylic acids is 1. The molecule has 0 saturated heterocycles. The minimum atomic E-state index is -0.918. The first-order valence-electron chi connectivity index (χ1n) is 6.16. The third-order valence-corrected chi connectivity index (χ3v) is 3.60. The molecule has 90 valence electrons. The van der Waals surface area contributed by atoms with E-state index in [1.54, 1.807) is 0 Å². The van der Waals surface area contributed by atoms with Gasteiger partial charge in [-0.1, -0.05) is 13.3 Å². The Kier molecular flexibility index (Phi) is 3.17. The summed E-state index contributed by atoms with van der Waals surface area (Å²) in [5.41, 5.74) is 0. The van der Waals surface area contributed by atoms with Crippen LogP contribution in [0.15, 0.2) is 0 Å². The smallest absolute Gasteiger partial charge is 0.326 e. The predicted molar refractivity (Wildman–Crippen MR) is 58.8 cm³/mol. The van der Waals surface area contributed by atoms with Gasteiger partial charge < -0.3 is 10.4 Å². The Hall–Kier alpha value is -1.06. The van der Waals surface area contributed by atoms with Crippen LogP contribution in [-0.4, -0.2) is 23.0 Å². The van der Waals surface area contributed by atoms with E-state index in [2.05, 4.69) is 5.32 Å². The number of hydrogen-bond donors (Lipinski definition) is 2. The molecule has 16 heavy (non-hydrogen) atoms. The molecule has 4 nitrogen and oxygen atoms in total. The van der Waals surface area contributed by atoms with Crippen molar-refractivity contribution in [1.82, 2.24) is 5.32 Å². The fourth-order valence-electron chi connectivity index (χ4n) is 2.39. The van der Waals surface area contributed by atoms with Crippen molar-refractivity contribution in [3.63, 3.8) is 0 Å². The largest absolute Gasteiger partial charge is 0.480 e. The molecule has 2 saturated carbocycles. The molecule has 0 radical (unpaired) electrons. The average Bonchev–Trinajstić information content (AvgIpc) is 3.06. The zero-order valence-electron chi connectivity index (χ0n) is 9.61. The minimum Gasteiger partial charge on any atom is -0.480 e. The zero-order chi connectivity index (χ0) is 11.7. The maximum absolute atomic E-state index is 11.8. The van der Waals surface area contributed by atoms with Crippen LogP contribution in [0.25, 0.3) is 0 Å². The van der Waals surface area contributed by atoms with Crippen molar-refractivity contribution in [1.29, 1.82) is 0 Å². The first-order chi connectivity index (χ1) is 7.63. The zero-order valence-corrected chi connectivity index (χ0v) is 9.61. The van der Waals surface area contributed by atoms with Gasteiger partial charge in [0.15, 0.2) is 0 Å². The van der Waals surface area contributed by atoms with Crippen LogP contribution in [0.5, 0.6) is 0 Å². The summed E-state index contributed by atoms with van der Waals surface area (Å²) in [6.07, 6.45) is 4.77. The monoisotopic (exact) mass is 225 g/mol. The van der Waals surface area contributed by atoms with Gasteiger partial charge in [-0.05, 0) is 37.5 Å². The predicted octanol–water partition coefficient (Wildman–Crippen LogP) is 1.40. The van der Waals surface area contributed by atoms with E-state index in [4.69, 9.17) is 5.11 Å². The normalized spacial score (nSPS) is 29.6. The molecule has 0 bridgehead atoms. The Bertz CT molecular complexity index is 299. The van der Waals surface area contributed by atoms with Gasteiger partial charge in [0.05, 0.1) is 0 Å². The molecule has 0 spiro atoms. The van der Waals surface area contributed by atoms with Crippen molar-refractivity contribution in [2.24, 2.45) is 17.8 Å². The van der Waals surface area contributed by atoms with Gasteiger partial charge in [0.2, 0.25) is 5.91 Å². The Morgan fingerprint density at radius 1 is 1.44 bits per heavy atom. The molecule has 2 N–H and O–H groups in total.